The van der Waals surface area contributed by atoms with Crippen LogP contribution in [0.25, 0.3) is 5.69 Å². The van der Waals surface area contributed by atoms with Gasteiger partial charge in [-0.1, -0.05) is 30.3 Å². The van der Waals surface area contributed by atoms with Crippen molar-refractivity contribution in [1.29, 1.82) is 0 Å². The van der Waals surface area contributed by atoms with Crippen molar-refractivity contribution in [1.82, 2.24) is 14.9 Å². The van der Waals surface area contributed by atoms with Crippen molar-refractivity contribution in [3.05, 3.63) is 78.4 Å². The summed E-state index contributed by atoms with van der Waals surface area (Å²) in [6.07, 6.45) is 5.11. The van der Waals surface area contributed by atoms with Crippen LogP contribution in [-0.4, -0.2) is 21.4 Å². The van der Waals surface area contributed by atoms with Gasteiger partial charge < -0.3 is 10.6 Å². The summed E-state index contributed by atoms with van der Waals surface area (Å²) >= 11 is 0. The van der Waals surface area contributed by atoms with Crippen molar-refractivity contribution in [3.63, 3.8) is 0 Å². The summed E-state index contributed by atoms with van der Waals surface area (Å²) in [5, 5.41) is 5.84. The SMILES string of the molecule is O=C(NCc1cccc(NC(=O)C2CC2)c1)c1cncn1-c1ccccc1. The smallest absolute Gasteiger partial charge is 0.270 e. The van der Waals surface area contributed by atoms with Crippen molar-refractivity contribution in [3.8, 4) is 5.69 Å². The Bertz CT molecular complexity index is 961. The maximum Gasteiger partial charge on any atom is 0.270 e. The van der Waals surface area contributed by atoms with Crippen molar-refractivity contribution >= 4 is 17.5 Å². The molecule has 136 valence electrons. The van der Waals surface area contributed by atoms with Crippen LogP contribution in [0, 0.1) is 5.92 Å². The van der Waals surface area contributed by atoms with E-state index in [1.807, 2.05) is 54.6 Å². The maximum atomic E-state index is 12.6. The predicted octanol–water partition coefficient (Wildman–Crippen LogP) is 3.15. The number of rotatable bonds is 6. The lowest BCUT2D eigenvalue weighted by molar-refractivity contribution is -0.117. The van der Waals surface area contributed by atoms with Crippen molar-refractivity contribution in [2.75, 3.05) is 5.32 Å². The van der Waals surface area contributed by atoms with Gasteiger partial charge in [0.2, 0.25) is 5.91 Å². The number of nitrogens with one attached hydrogen (secondary N) is 2. The van der Waals surface area contributed by atoms with Crippen LogP contribution in [0.3, 0.4) is 0 Å². The first kappa shape index (κ1) is 17.0. The lowest BCUT2D eigenvalue weighted by Gasteiger charge is -2.10. The van der Waals surface area contributed by atoms with Gasteiger partial charge in [-0.05, 0) is 42.7 Å². The molecule has 1 aliphatic carbocycles. The normalized spacial score (nSPS) is 13.2. The van der Waals surface area contributed by atoms with E-state index in [-0.39, 0.29) is 17.7 Å². The Morgan fingerprint density at radius 2 is 1.89 bits per heavy atom. The number of carbonyl (C=O) groups excluding carboxylic acids is 2. The third-order valence-electron chi connectivity index (χ3n) is 4.50. The van der Waals surface area contributed by atoms with Gasteiger partial charge in [-0.3, -0.25) is 14.2 Å². The molecule has 4 rings (SSSR count). The zero-order chi connectivity index (χ0) is 18.6. The molecule has 1 heterocycles. The van der Waals surface area contributed by atoms with Crippen LogP contribution in [0.15, 0.2) is 67.1 Å². The minimum absolute atomic E-state index is 0.0722. The minimum Gasteiger partial charge on any atom is -0.347 e. The number of benzene rings is 2. The van der Waals surface area contributed by atoms with Gasteiger partial charge in [0.1, 0.15) is 5.69 Å². The molecule has 0 bridgehead atoms. The fourth-order valence-electron chi connectivity index (χ4n) is 2.88. The molecule has 2 N–H and O–H groups in total. The molecular weight excluding hydrogens is 340 g/mol. The molecule has 1 fully saturated rings. The summed E-state index contributed by atoms with van der Waals surface area (Å²) in [6.45, 7) is 0.367. The lowest BCUT2D eigenvalue weighted by atomic mass is 10.2. The molecule has 0 spiro atoms. The molecule has 2 amide bonds. The van der Waals surface area contributed by atoms with Crippen LogP contribution >= 0.6 is 0 Å². The largest absolute Gasteiger partial charge is 0.347 e. The van der Waals surface area contributed by atoms with E-state index in [0.717, 1.165) is 29.8 Å². The lowest BCUT2D eigenvalue weighted by Crippen LogP contribution is -2.25. The highest BCUT2D eigenvalue weighted by atomic mass is 16.2. The Morgan fingerprint density at radius 1 is 1.07 bits per heavy atom. The van der Waals surface area contributed by atoms with Crippen LogP contribution in [0.4, 0.5) is 5.69 Å². The number of carbonyl (C=O) groups is 2. The van der Waals surface area contributed by atoms with Gasteiger partial charge in [-0.25, -0.2) is 4.98 Å². The quantitative estimate of drug-likeness (QED) is 0.709. The highest BCUT2D eigenvalue weighted by Crippen LogP contribution is 2.30. The monoisotopic (exact) mass is 360 g/mol. The fourth-order valence-corrected chi connectivity index (χ4v) is 2.88. The van der Waals surface area contributed by atoms with Crippen molar-refractivity contribution in [2.24, 2.45) is 5.92 Å². The number of aromatic nitrogens is 2. The Balaban J connectivity index is 1.41. The third-order valence-corrected chi connectivity index (χ3v) is 4.50. The molecule has 2 aromatic carbocycles. The first-order valence-corrected chi connectivity index (χ1v) is 8.96. The number of para-hydroxylation sites is 1. The molecule has 1 saturated carbocycles. The second-order valence-corrected chi connectivity index (χ2v) is 6.63. The average molecular weight is 360 g/mol. The maximum absolute atomic E-state index is 12.6. The highest BCUT2D eigenvalue weighted by Gasteiger charge is 2.29. The zero-order valence-corrected chi connectivity index (χ0v) is 14.8. The molecule has 0 aliphatic heterocycles. The molecule has 6 heteroatoms. The second kappa shape index (κ2) is 7.45. The van der Waals surface area contributed by atoms with Crippen molar-refractivity contribution in [2.45, 2.75) is 19.4 Å². The van der Waals surface area contributed by atoms with Gasteiger partial charge in [-0.15, -0.1) is 0 Å². The molecule has 6 nitrogen and oxygen atoms in total. The Hall–Kier alpha value is -3.41. The summed E-state index contributed by atoms with van der Waals surface area (Å²) < 4.78 is 1.75. The van der Waals surface area contributed by atoms with E-state index < -0.39 is 0 Å². The zero-order valence-electron chi connectivity index (χ0n) is 14.8. The molecule has 0 radical (unpaired) electrons. The van der Waals surface area contributed by atoms with E-state index in [1.54, 1.807) is 17.1 Å². The summed E-state index contributed by atoms with van der Waals surface area (Å²) in [5.74, 6) is 0.0263. The minimum atomic E-state index is -0.205. The predicted molar refractivity (Wildman–Crippen MR) is 103 cm³/mol. The molecule has 0 saturated heterocycles. The number of hydrogen-bond donors (Lipinski definition) is 2. The fraction of sp³-hybridized carbons (Fsp3) is 0.190. The van der Waals surface area contributed by atoms with Crippen LogP contribution in [0.1, 0.15) is 28.9 Å². The topological polar surface area (TPSA) is 76.0 Å². The third kappa shape index (κ3) is 4.06. The van der Waals surface area contributed by atoms with Crippen molar-refractivity contribution < 1.29 is 9.59 Å². The molecule has 3 aromatic rings. The van der Waals surface area contributed by atoms with E-state index in [2.05, 4.69) is 15.6 Å². The van der Waals surface area contributed by atoms with Gasteiger partial charge in [0.15, 0.2) is 0 Å². The highest BCUT2D eigenvalue weighted by molar-refractivity contribution is 5.94. The first-order chi connectivity index (χ1) is 13.2. The van der Waals surface area contributed by atoms with Gasteiger partial charge in [0, 0.05) is 23.8 Å². The summed E-state index contributed by atoms with van der Waals surface area (Å²) in [5.41, 5.74) is 3.03. The molecular formula is C21H20N4O2. The Morgan fingerprint density at radius 3 is 2.67 bits per heavy atom. The first-order valence-electron chi connectivity index (χ1n) is 8.96. The van der Waals surface area contributed by atoms with Gasteiger partial charge in [0.05, 0.1) is 12.5 Å². The van der Waals surface area contributed by atoms with Crippen LogP contribution < -0.4 is 10.6 Å². The van der Waals surface area contributed by atoms with E-state index in [1.165, 1.54) is 0 Å². The van der Waals surface area contributed by atoms with E-state index >= 15 is 0 Å². The number of hydrogen-bond acceptors (Lipinski definition) is 3. The molecule has 27 heavy (non-hydrogen) atoms. The molecule has 1 aliphatic rings. The average Bonchev–Trinajstić information content (AvgIpc) is 3.44. The van der Waals surface area contributed by atoms with Gasteiger partial charge in [0.25, 0.3) is 5.91 Å². The number of amides is 2. The summed E-state index contributed by atoms with van der Waals surface area (Å²) in [7, 11) is 0. The van der Waals surface area contributed by atoms with E-state index in [4.69, 9.17) is 0 Å². The Labute approximate surface area is 157 Å². The molecule has 0 unspecified atom stereocenters. The standard InChI is InChI=1S/C21H20N4O2/c26-20(16-9-10-16)24-17-6-4-5-15(11-17)12-23-21(27)19-13-22-14-25(19)18-7-2-1-3-8-18/h1-8,11,13-14,16H,9-10,12H2,(H,23,27)(H,24,26). The van der Waals surface area contributed by atoms with E-state index in [9.17, 15) is 9.59 Å². The number of anilines is 1. The summed E-state index contributed by atoms with van der Waals surface area (Å²) in [6, 6.07) is 17.1. The van der Waals surface area contributed by atoms with Gasteiger partial charge >= 0.3 is 0 Å². The molecule has 0 atom stereocenters. The number of imidazole rings is 1. The summed E-state index contributed by atoms with van der Waals surface area (Å²) in [4.78, 5) is 28.6. The van der Waals surface area contributed by atoms with E-state index in [0.29, 0.717) is 12.2 Å². The molecule has 1 aromatic heterocycles. The van der Waals surface area contributed by atoms with Crippen LogP contribution in [0.5, 0.6) is 0 Å². The van der Waals surface area contributed by atoms with Crippen LogP contribution in [0.2, 0.25) is 0 Å². The van der Waals surface area contributed by atoms with Gasteiger partial charge in [-0.2, -0.15) is 0 Å². The second-order valence-electron chi connectivity index (χ2n) is 6.63. The Kier molecular flexibility index (Phi) is 4.70. The van der Waals surface area contributed by atoms with Crippen LogP contribution in [-0.2, 0) is 11.3 Å². The number of nitrogens with zero attached hydrogens (tertiary/aromatic N) is 2.